The lowest BCUT2D eigenvalue weighted by Crippen LogP contribution is -2.08. The van der Waals surface area contributed by atoms with E-state index in [1.165, 1.54) is 29.5 Å². The van der Waals surface area contributed by atoms with E-state index in [4.69, 9.17) is 0 Å². The molecule has 1 aromatic heterocycles. The first-order valence-electron chi connectivity index (χ1n) is 6.20. The zero-order chi connectivity index (χ0) is 14.1. The lowest BCUT2D eigenvalue weighted by molar-refractivity contribution is 0.600. The molecule has 0 aliphatic carbocycles. The van der Waals surface area contributed by atoms with Gasteiger partial charge in [0, 0.05) is 11.6 Å². The summed E-state index contributed by atoms with van der Waals surface area (Å²) >= 11 is 1.42. The Hall–Kier alpha value is -2.01. The van der Waals surface area contributed by atoms with Crippen LogP contribution >= 0.6 is 11.3 Å². The lowest BCUT2D eigenvalue weighted by Gasteiger charge is -2.13. The number of halogens is 2. The van der Waals surface area contributed by atoms with Crippen LogP contribution in [0.1, 0.15) is 18.5 Å². The second-order valence-electron chi connectivity index (χ2n) is 4.52. The number of rotatable bonds is 3. The third kappa shape index (κ3) is 2.49. The van der Waals surface area contributed by atoms with Crippen molar-refractivity contribution >= 4 is 26.7 Å². The molecule has 20 heavy (non-hydrogen) atoms. The molecular formula is C15H12F2N2S. The Morgan fingerprint density at radius 2 is 1.95 bits per heavy atom. The molecule has 1 atom stereocenters. The number of hydrogen-bond donors (Lipinski definition) is 1. The predicted molar refractivity (Wildman–Crippen MR) is 78.0 cm³/mol. The van der Waals surface area contributed by atoms with Gasteiger partial charge in [-0.1, -0.05) is 29.5 Å². The molecule has 5 heteroatoms. The molecule has 1 N–H and O–H groups in total. The Bertz CT molecular complexity index is 754. The van der Waals surface area contributed by atoms with Crippen LogP contribution in [-0.4, -0.2) is 4.98 Å². The second kappa shape index (κ2) is 5.17. The van der Waals surface area contributed by atoms with Crippen molar-refractivity contribution < 1.29 is 8.78 Å². The number of nitrogens with one attached hydrogen (secondary N) is 1. The Labute approximate surface area is 119 Å². The smallest absolute Gasteiger partial charge is 0.184 e. The fourth-order valence-electron chi connectivity index (χ4n) is 2.05. The number of aromatic nitrogens is 1. The van der Waals surface area contributed by atoms with E-state index in [9.17, 15) is 8.78 Å². The topological polar surface area (TPSA) is 24.9 Å². The molecule has 1 unspecified atom stereocenters. The van der Waals surface area contributed by atoms with Crippen molar-refractivity contribution in [1.82, 2.24) is 4.98 Å². The highest BCUT2D eigenvalue weighted by molar-refractivity contribution is 7.22. The molecule has 0 saturated carbocycles. The lowest BCUT2D eigenvalue weighted by atomic mass is 10.1. The minimum absolute atomic E-state index is 0.207. The van der Waals surface area contributed by atoms with E-state index in [0.29, 0.717) is 16.2 Å². The molecule has 0 radical (unpaired) electrons. The standard InChI is InChI=1S/C15H12F2N2S/c1-9(11-4-2-3-5-12(11)17)18-15-19-13-8-10(16)6-7-14(13)20-15/h2-9H,1H3,(H,18,19). The molecule has 3 aromatic rings. The molecule has 3 rings (SSSR count). The molecule has 0 aliphatic heterocycles. The number of nitrogens with zero attached hydrogens (tertiary/aromatic N) is 1. The molecule has 0 bridgehead atoms. The van der Waals surface area contributed by atoms with Crippen LogP contribution < -0.4 is 5.32 Å². The Kier molecular flexibility index (Phi) is 3.36. The summed E-state index contributed by atoms with van der Waals surface area (Å²) in [4.78, 5) is 4.31. The summed E-state index contributed by atoms with van der Waals surface area (Å²) < 4.78 is 27.7. The number of hydrogen-bond acceptors (Lipinski definition) is 3. The van der Waals surface area contributed by atoms with Gasteiger partial charge < -0.3 is 5.32 Å². The van der Waals surface area contributed by atoms with Crippen LogP contribution in [0.15, 0.2) is 42.5 Å². The van der Waals surface area contributed by atoms with Crippen molar-refractivity contribution in [2.24, 2.45) is 0 Å². The van der Waals surface area contributed by atoms with E-state index in [-0.39, 0.29) is 17.7 Å². The first-order chi connectivity index (χ1) is 9.63. The van der Waals surface area contributed by atoms with Crippen molar-refractivity contribution in [3.63, 3.8) is 0 Å². The highest BCUT2D eigenvalue weighted by atomic mass is 32.1. The predicted octanol–water partition coefficient (Wildman–Crippen LogP) is 4.75. The van der Waals surface area contributed by atoms with Gasteiger partial charge in [-0.05, 0) is 25.1 Å². The van der Waals surface area contributed by atoms with E-state index < -0.39 is 0 Å². The molecule has 2 nitrogen and oxygen atoms in total. The zero-order valence-electron chi connectivity index (χ0n) is 10.7. The van der Waals surface area contributed by atoms with Gasteiger partial charge in [-0.15, -0.1) is 0 Å². The van der Waals surface area contributed by atoms with E-state index in [2.05, 4.69) is 10.3 Å². The average molecular weight is 290 g/mol. The van der Waals surface area contributed by atoms with Crippen LogP contribution in [0.4, 0.5) is 13.9 Å². The Morgan fingerprint density at radius 1 is 1.15 bits per heavy atom. The van der Waals surface area contributed by atoms with Gasteiger partial charge in [0.25, 0.3) is 0 Å². The molecule has 1 heterocycles. The van der Waals surface area contributed by atoms with E-state index in [1.54, 1.807) is 24.3 Å². The number of thiazole rings is 1. The molecule has 0 amide bonds. The maximum atomic E-state index is 13.7. The summed E-state index contributed by atoms with van der Waals surface area (Å²) in [7, 11) is 0. The Balaban J connectivity index is 1.87. The average Bonchev–Trinajstić information content (AvgIpc) is 2.80. The van der Waals surface area contributed by atoms with Gasteiger partial charge in [0.15, 0.2) is 5.13 Å². The molecular weight excluding hydrogens is 278 g/mol. The molecule has 0 fully saturated rings. The summed E-state index contributed by atoms with van der Waals surface area (Å²) in [6.45, 7) is 1.87. The van der Waals surface area contributed by atoms with Crippen LogP contribution in [0.25, 0.3) is 10.2 Å². The maximum absolute atomic E-state index is 13.7. The molecule has 102 valence electrons. The van der Waals surface area contributed by atoms with E-state index in [1.807, 2.05) is 6.92 Å². The van der Waals surface area contributed by atoms with Gasteiger partial charge in [0.05, 0.1) is 16.3 Å². The summed E-state index contributed by atoms with van der Waals surface area (Å²) in [5.74, 6) is -0.559. The minimum Gasteiger partial charge on any atom is -0.355 e. The fraction of sp³-hybridized carbons (Fsp3) is 0.133. The number of anilines is 1. The quantitative estimate of drug-likeness (QED) is 0.753. The first-order valence-corrected chi connectivity index (χ1v) is 7.02. The van der Waals surface area contributed by atoms with Crippen molar-refractivity contribution in [1.29, 1.82) is 0 Å². The number of fused-ring (bicyclic) bond motifs is 1. The molecule has 0 aliphatic rings. The fourth-order valence-corrected chi connectivity index (χ4v) is 2.98. The normalized spacial score (nSPS) is 12.6. The number of benzene rings is 2. The highest BCUT2D eigenvalue weighted by Crippen LogP contribution is 2.29. The van der Waals surface area contributed by atoms with Gasteiger partial charge >= 0.3 is 0 Å². The molecule has 0 saturated heterocycles. The third-order valence-corrected chi connectivity index (χ3v) is 4.03. The van der Waals surface area contributed by atoms with Crippen molar-refractivity contribution in [3.05, 3.63) is 59.7 Å². The van der Waals surface area contributed by atoms with Crippen molar-refractivity contribution in [2.75, 3.05) is 5.32 Å². The van der Waals surface area contributed by atoms with E-state index >= 15 is 0 Å². The Morgan fingerprint density at radius 3 is 2.75 bits per heavy atom. The SMILES string of the molecule is CC(Nc1nc2cc(F)ccc2s1)c1ccccc1F. The van der Waals surface area contributed by atoms with Gasteiger partial charge in [-0.3, -0.25) is 0 Å². The van der Waals surface area contributed by atoms with Gasteiger partial charge in [-0.2, -0.15) is 0 Å². The largest absolute Gasteiger partial charge is 0.355 e. The van der Waals surface area contributed by atoms with Gasteiger partial charge in [0.1, 0.15) is 11.6 Å². The summed E-state index contributed by atoms with van der Waals surface area (Å²) in [5.41, 5.74) is 1.19. The maximum Gasteiger partial charge on any atom is 0.184 e. The summed E-state index contributed by atoms with van der Waals surface area (Å²) in [6, 6.07) is 10.9. The van der Waals surface area contributed by atoms with Crippen LogP contribution in [0.5, 0.6) is 0 Å². The first kappa shape index (κ1) is 13.0. The van der Waals surface area contributed by atoms with Crippen LogP contribution in [-0.2, 0) is 0 Å². The van der Waals surface area contributed by atoms with E-state index in [0.717, 1.165) is 4.70 Å². The second-order valence-corrected chi connectivity index (χ2v) is 5.55. The summed E-state index contributed by atoms with van der Waals surface area (Å²) in [6.07, 6.45) is 0. The molecule has 2 aromatic carbocycles. The van der Waals surface area contributed by atoms with Gasteiger partial charge in [-0.25, -0.2) is 13.8 Å². The van der Waals surface area contributed by atoms with Crippen molar-refractivity contribution in [3.8, 4) is 0 Å². The van der Waals surface area contributed by atoms with Crippen molar-refractivity contribution in [2.45, 2.75) is 13.0 Å². The summed E-state index contributed by atoms with van der Waals surface area (Å²) in [5, 5.41) is 3.81. The minimum atomic E-state index is -0.309. The molecule has 0 spiro atoms. The monoisotopic (exact) mass is 290 g/mol. The highest BCUT2D eigenvalue weighted by Gasteiger charge is 2.12. The van der Waals surface area contributed by atoms with Gasteiger partial charge in [0.2, 0.25) is 0 Å². The van der Waals surface area contributed by atoms with Crippen LogP contribution in [0.3, 0.4) is 0 Å². The van der Waals surface area contributed by atoms with Crippen LogP contribution in [0.2, 0.25) is 0 Å². The zero-order valence-corrected chi connectivity index (χ0v) is 11.5. The van der Waals surface area contributed by atoms with Crippen LogP contribution in [0, 0.1) is 11.6 Å². The third-order valence-electron chi connectivity index (χ3n) is 3.06.